The summed E-state index contributed by atoms with van der Waals surface area (Å²) in [6.07, 6.45) is 0. The second kappa shape index (κ2) is 8.11. The van der Waals surface area contributed by atoms with E-state index < -0.39 is 16.9 Å². The number of hydrogen-bond acceptors (Lipinski definition) is 6. The monoisotopic (exact) mass is 365 g/mol. The Morgan fingerprint density at radius 1 is 1.08 bits per heavy atom. The number of nitro benzene ring substituents is 1. The lowest BCUT2D eigenvalue weighted by Gasteiger charge is -2.08. The molecule has 0 aromatic heterocycles. The van der Waals surface area contributed by atoms with E-state index in [1.165, 1.54) is 36.4 Å². The normalized spacial score (nSPS) is 10.1. The molecule has 0 saturated carbocycles. The number of esters is 1. The van der Waals surface area contributed by atoms with Crippen molar-refractivity contribution in [2.45, 2.75) is 0 Å². The Balaban J connectivity index is 1.85. The highest BCUT2D eigenvalue weighted by Gasteiger charge is 2.17. The van der Waals surface area contributed by atoms with Crippen molar-refractivity contribution in [2.24, 2.45) is 0 Å². The third kappa shape index (κ3) is 4.92. The van der Waals surface area contributed by atoms with Gasteiger partial charge in [-0.25, -0.2) is 9.59 Å². The van der Waals surface area contributed by atoms with Gasteiger partial charge in [-0.2, -0.15) is 0 Å². The maximum Gasteiger partial charge on any atom is 0.338 e. The Labute approximate surface area is 146 Å². The molecule has 25 heavy (non-hydrogen) atoms. The average Bonchev–Trinajstić information content (AvgIpc) is 2.59. The van der Waals surface area contributed by atoms with Crippen LogP contribution in [0.2, 0.25) is 5.02 Å². The molecule has 2 rings (SSSR count). The maximum atomic E-state index is 11.9. The fourth-order valence-corrected chi connectivity index (χ4v) is 2.04. The molecule has 1 N–H and O–H groups in total. The molecule has 0 aliphatic heterocycles. The first-order chi connectivity index (χ1) is 11.9. The number of carbonyl (C=O) groups is 2. The molecule has 2 aromatic carbocycles. The number of aromatic carboxylic acids is 1. The number of carboxylic acid groups (broad SMARTS) is 1. The van der Waals surface area contributed by atoms with E-state index in [0.29, 0.717) is 5.75 Å². The van der Waals surface area contributed by atoms with Gasteiger partial charge < -0.3 is 14.6 Å². The van der Waals surface area contributed by atoms with Crippen molar-refractivity contribution in [3.63, 3.8) is 0 Å². The van der Waals surface area contributed by atoms with Gasteiger partial charge in [0.05, 0.1) is 16.1 Å². The number of rotatable bonds is 7. The summed E-state index contributed by atoms with van der Waals surface area (Å²) in [7, 11) is 0. The van der Waals surface area contributed by atoms with Gasteiger partial charge >= 0.3 is 11.9 Å². The van der Waals surface area contributed by atoms with Crippen LogP contribution in [-0.2, 0) is 4.74 Å². The van der Waals surface area contributed by atoms with Crippen molar-refractivity contribution in [1.29, 1.82) is 0 Å². The molecule has 8 nitrogen and oxygen atoms in total. The molecule has 0 radical (unpaired) electrons. The molecular formula is C16H12ClNO7. The van der Waals surface area contributed by atoms with Crippen LogP contribution >= 0.6 is 11.6 Å². The summed E-state index contributed by atoms with van der Waals surface area (Å²) >= 11 is 5.67. The molecule has 0 atom stereocenters. The molecule has 2 aromatic rings. The van der Waals surface area contributed by atoms with Crippen LogP contribution in [0.3, 0.4) is 0 Å². The van der Waals surface area contributed by atoms with Crippen LogP contribution < -0.4 is 4.74 Å². The summed E-state index contributed by atoms with van der Waals surface area (Å²) < 4.78 is 10.3. The summed E-state index contributed by atoms with van der Waals surface area (Å²) in [5.41, 5.74) is -0.254. The van der Waals surface area contributed by atoms with Gasteiger partial charge in [0.2, 0.25) is 0 Å². The molecule has 0 amide bonds. The van der Waals surface area contributed by atoms with Gasteiger partial charge in [-0.15, -0.1) is 0 Å². The smallest absolute Gasteiger partial charge is 0.338 e. The largest absolute Gasteiger partial charge is 0.490 e. The molecule has 0 spiro atoms. The summed E-state index contributed by atoms with van der Waals surface area (Å²) in [5, 5.41) is 19.5. The minimum absolute atomic E-state index is 0.00177. The molecular weight excluding hydrogens is 354 g/mol. The van der Waals surface area contributed by atoms with Crippen molar-refractivity contribution in [2.75, 3.05) is 13.2 Å². The van der Waals surface area contributed by atoms with E-state index in [0.717, 1.165) is 6.07 Å². The van der Waals surface area contributed by atoms with E-state index in [1.807, 2.05) is 0 Å². The first kappa shape index (κ1) is 18.2. The van der Waals surface area contributed by atoms with Crippen LogP contribution in [0.1, 0.15) is 20.7 Å². The third-order valence-electron chi connectivity index (χ3n) is 3.07. The molecule has 0 aliphatic rings. The van der Waals surface area contributed by atoms with Crippen LogP contribution in [0.15, 0.2) is 42.5 Å². The van der Waals surface area contributed by atoms with Crippen LogP contribution in [-0.4, -0.2) is 35.2 Å². The van der Waals surface area contributed by atoms with Crippen molar-refractivity contribution in [3.8, 4) is 5.75 Å². The van der Waals surface area contributed by atoms with E-state index in [2.05, 4.69) is 0 Å². The van der Waals surface area contributed by atoms with Gasteiger partial charge in [0, 0.05) is 6.07 Å². The van der Waals surface area contributed by atoms with Crippen molar-refractivity contribution >= 4 is 29.2 Å². The molecule has 0 unspecified atom stereocenters. The lowest BCUT2D eigenvalue weighted by atomic mass is 10.2. The average molecular weight is 366 g/mol. The fourth-order valence-electron chi connectivity index (χ4n) is 1.85. The predicted octanol–water partition coefficient (Wildman–Crippen LogP) is 3.18. The number of carbonyl (C=O) groups excluding carboxylic acids is 1. The SMILES string of the molecule is O=C(O)c1ccc(OCCOC(=O)c2ccc(Cl)c([N+](=O)[O-])c2)cc1. The lowest BCUT2D eigenvalue weighted by Crippen LogP contribution is -2.12. The van der Waals surface area contributed by atoms with Crippen LogP contribution in [0, 0.1) is 10.1 Å². The summed E-state index contributed by atoms with van der Waals surface area (Å²) in [6.45, 7) is -0.0518. The predicted molar refractivity (Wildman–Crippen MR) is 87.3 cm³/mol. The number of carboxylic acids is 1. The van der Waals surface area contributed by atoms with E-state index in [9.17, 15) is 19.7 Å². The van der Waals surface area contributed by atoms with Crippen LogP contribution in [0.5, 0.6) is 5.75 Å². The number of nitro groups is 1. The summed E-state index contributed by atoms with van der Waals surface area (Å²) in [6, 6.07) is 9.34. The summed E-state index contributed by atoms with van der Waals surface area (Å²) in [5.74, 6) is -1.37. The number of hydrogen-bond donors (Lipinski definition) is 1. The van der Waals surface area contributed by atoms with E-state index in [4.69, 9.17) is 26.2 Å². The number of ether oxygens (including phenoxy) is 2. The van der Waals surface area contributed by atoms with Crippen molar-refractivity contribution in [3.05, 3.63) is 68.7 Å². The Morgan fingerprint density at radius 3 is 2.32 bits per heavy atom. The van der Waals surface area contributed by atoms with Gasteiger partial charge in [0.25, 0.3) is 5.69 Å². The fraction of sp³-hybridized carbons (Fsp3) is 0.125. The number of nitrogens with zero attached hydrogens (tertiary/aromatic N) is 1. The quantitative estimate of drug-likeness (QED) is 0.346. The summed E-state index contributed by atoms with van der Waals surface area (Å²) in [4.78, 5) is 32.7. The molecule has 0 fully saturated rings. The minimum atomic E-state index is -1.04. The van der Waals surface area contributed by atoms with Gasteiger partial charge in [0.15, 0.2) is 0 Å². The molecule has 130 valence electrons. The standard InChI is InChI=1S/C16H12ClNO7/c17-13-6-3-11(9-14(13)18(22)23)16(21)25-8-7-24-12-4-1-10(2-5-12)15(19)20/h1-6,9H,7-8H2,(H,19,20). The zero-order chi connectivity index (χ0) is 18.4. The van der Waals surface area contributed by atoms with Crippen LogP contribution in [0.25, 0.3) is 0 Å². The first-order valence-corrected chi connectivity index (χ1v) is 7.33. The molecule has 9 heteroatoms. The Morgan fingerprint density at radius 2 is 1.72 bits per heavy atom. The Hall–Kier alpha value is -3.13. The van der Waals surface area contributed by atoms with Gasteiger partial charge in [-0.1, -0.05) is 11.6 Å². The highest BCUT2D eigenvalue weighted by molar-refractivity contribution is 6.32. The van der Waals surface area contributed by atoms with E-state index >= 15 is 0 Å². The third-order valence-corrected chi connectivity index (χ3v) is 3.38. The van der Waals surface area contributed by atoms with Gasteiger partial charge in [-0.3, -0.25) is 10.1 Å². The van der Waals surface area contributed by atoms with E-state index in [-0.39, 0.29) is 35.1 Å². The molecule has 0 aliphatic carbocycles. The Kier molecular flexibility index (Phi) is 5.91. The highest BCUT2D eigenvalue weighted by Crippen LogP contribution is 2.25. The second-order valence-electron chi connectivity index (χ2n) is 4.74. The lowest BCUT2D eigenvalue weighted by molar-refractivity contribution is -0.384. The van der Waals surface area contributed by atoms with Gasteiger partial charge in [-0.05, 0) is 36.4 Å². The minimum Gasteiger partial charge on any atom is -0.490 e. The molecule has 0 heterocycles. The topological polar surface area (TPSA) is 116 Å². The van der Waals surface area contributed by atoms with Crippen LogP contribution in [0.4, 0.5) is 5.69 Å². The van der Waals surface area contributed by atoms with Gasteiger partial charge in [0.1, 0.15) is 24.0 Å². The number of benzene rings is 2. The van der Waals surface area contributed by atoms with E-state index in [1.54, 1.807) is 0 Å². The first-order valence-electron chi connectivity index (χ1n) is 6.95. The second-order valence-corrected chi connectivity index (χ2v) is 5.14. The maximum absolute atomic E-state index is 11.9. The number of halogens is 1. The highest BCUT2D eigenvalue weighted by atomic mass is 35.5. The zero-order valence-electron chi connectivity index (χ0n) is 12.7. The molecule has 0 bridgehead atoms. The van der Waals surface area contributed by atoms with Crippen molar-refractivity contribution < 1.29 is 29.1 Å². The molecule has 0 saturated heterocycles. The zero-order valence-corrected chi connectivity index (χ0v) is 13.4. The Bertz CT molecular complexity index is 805. The van der Waals surface area contributed by atoms with Crippen molar-refractivity contribution in [1.82, 2.24) is 0 Å².